The highest BCUT2D eigenvalue weighted by molar-refractivity contribution is 6.02. The van der Waals surface area contributed by atoms with Gasteiger partial charge >= 0.3 is 0 Å². The van der Waals surface area contributed by atoms with E-state index >= 15 is 0 Å². The van der Waals surface area contributed by atoms with E-state index in [1.54, 1.807) is 43.4 Å². The van der Waals surface area contributed by atoms with Crippen LogP contribution in [0.1, 0.15) is 28.7 Å². The smallest absolute Gasteiger partial charge is 0.247 e. The highest BCUT2D eigenvalue weighted by Crippen LogP contribution is 2.33. The van der Waals surface area contributed by atoms with Crippen LogP contribution < -0.4 is 20.1 Å². The topological polar surface area (TPSA) is 105 Å². The van der Waals surface area contributed by atoms with Crippen LogP contribution in [-0.4, -0.2) is 67.4 Å². The number of hydrogen-bond acceptors (Lipinski definition) is 6. The maximum absolute atomic E-state index is 14.1. The second-order valence-electron chi connectivity index (χ2n) is 10.9. The summed E-state index contributed by atoms with van der Waals surface area (Å²) in [6, 6.07) is 11.1. The largest absolute Gasteiger partial charge is 0.493 e. The van der Waals surface area contributed by atoms with Crippen molar-refractivity contribution in [1.29, 1.82) is 0 Å². The molecule has 44 heavy (non-hydrogen) atoms. The molecule has 0 aromatic heterocycles. The molecule has 0 spiro atoms. The zero-order valence-electron chi connectivity index (χ0n) is 24.4. The summed E-state index contributed by atoms with van der Waals surface area (Å²) >= 11 is 0. The molecule has 0 radical (unpaired) electrons. The fourth-order valence-corrected chi connectivity index (χ4v) is 5.66. The molecule has 3 aromatic carbocycles. The van der Waals surface area contributed by atoms with E-state index in [-0.39, 0.29) is 43.9 Å². The third kappa shape index (κ3) is 6.49. The van der Waals surface area contributed by atoms with Crippen molar-refractivity contribution in [2.75, 3.05) is 38.8 Å². The minimum Gasteiger partial charge on any atom is -0.493 e. The molecule has 0 saturated carbocycles. The first-order valence-corrected chi connectivity index (χ1v) is 14.1. The zero-order valence-corrected chi connectivity index (χ0v) is 24.4. The number of benzene rings is 3. The van der Waals surface area contributed by atoms with Crippen molar-refractivity contribution in [2.45, 2.75) is 38.4 Å². The number of amides is 3. The van der Waals surface area contributed by atoms with E-state index in [9.17, 15) is 27.6 Å². The SMILES string of the molecule is COc1cc2c(cc1OC)CN(C(=O)CN1C(=O)CN(C(=O)C[C@H](N)Cc3cc(F)c(F)cc3F)Cc3ccccc31)CC2. The molecule has 3 amide bonds. The standard InChI is InChI=1S/C32H33F3N4O5/c1-43-28-11-19-7-8-37(16-22(19)12-29(28)44-2)31(41)18-39-27-6-4-3-5-20(27)15-38(17-32(39)42)30(40)13-23(36)9-21-10-25(34)26(35)14-24(21)33/h3-6,10-12,14,23H,7-9,13,15-18,36H2,1-2H3/t23-/m1/s1. The van der Waals surface area contributed by atoms with Crippen molar-refractivity contribution in [3.05, 3.63) is 88.2 Å². The van der Waals surface area contributed by atoms with E-state index in [4.69, 9.17) is 15.2 Å². The second kappa shape index (κ2) is 13.0. The fourth-order valence-electron chi connectivity index (χ4n) is 5.66. The monoisotopic (exact) mass is 610 g/mol. The summed E-state index contributed by atoms with van der Waals surface area (Å²) in [5.41, 5.74) is 9.13. The third-order valence-electron chi connectivity index (χ3n) is 8.00. The van der Waals surface area contributed by atoms with Crippen molar-refractivity contribution in [3.8, 4) is 11.5 Å². The van der Waals surface area contributed by atoms with Gasteiger partial charge in [-0.05, 0) is 59.4 Å². The van der Waals surface area contributed by atoms with Crippen molar-refractivity contribution in [2.24, 2.45) is 5.73 Å². The molecule has 12 heteroatoms. The Hall–Kier alpha value is -4.58. The highest BCUT2D eigenvalue weighted by atomic mass is 19.2. The Balaban J connectivity index is 1.28. The van der Waals surface area contributed by atoms with Crippen molar-refractivity contribution in [3.63, 3.8) is 0 Å². The van der Waals surface area contributed by atoms with Crippen LogP contribution in [-0.2, 0) is 40.3 Å². The lowest BCUT2D eigenvalue weighted by Crippen LogP contribution is -2.47. The third-order valence-corrected chi connectivity index (χ3v) is 8.00. The summed E-state index contributed by atoms with van der Waals surface area (Å²) in [5, 5.41) is 0. The predicted octanol–water partition coefficient (Wildman–Crippen LogP) is 3.34. The summed E-state index contributed by atoms with van der Waals surface area (Å²) in [4.78, 5) is 44.7. The average Bonchev–Trinajstić information content (AvgIpc) is 3.14. The molecule has 5 rings (SSSR count). The number of nitrogens with zero attached hydrogens (tertiary/aromatic N) is 3. The van der Waals surface area contributed by atoms with Gasteiger partial charge in [-0.15, -0.1) is 0 Å². The lowest BCUT2D eigenvalue weighted by Gasteiger charge is -2.32. The van der Waals surface area contributed by atoms with E-state index in [0.29, 0.717) is 48.3 Å². The van der Waals surface area contributed by atoms with Gasteiger partial charge in [-0.2, -0.15) is 0 Å². The van der Waals surface area contributed by atoms with Gasteiger partial charge in [-0.3, -0.25) is 14.4 Å². The van der Waals surface area contributed by atoms with Crippen LogP contribution in [0.25, 0.3) is 0 Å². The quantitative estimate of drug-likeness (QED) is 0.393. The van der Waals surface area contributed by atoms with Gasteiger partial charge in [0.05, 0.1) is 14.2 Å². The van der Waals surface area contributed by atoms with E-state index in [2.05, 4.69) is 0 Å². The Kier molecular flexibility index (Phi) is 9.09. The van der Waals surface area contributed by atoms with E-state index in [1.807, 2.05) is 12.1 Å². The van der Waals surface area contributed by atoms with E-state index in [0.717, 1.165) is 17.2 Å². The molecule has 3 aromatic rings. The van der Waals surface area contributed by atoms with Crippen LogP contribution in [0.15, 0.2) is 48.5 Å². The number of rotatable bonds is 8. The minimum absolute atomic E-state index is 0.0937. The summed E-state index contributed by atoms with van der Waals surface area (Å²) in [5.74, 6) is -3.45. The predicted molar refractivity (Wildman–Crippen MR) is 155 cm³/mol. The molecule has 2 aliphatic rings. The van der Waals surface area contributed by atoms with Crippen molar-refractivity contribution >= 4 is 23.4 Å². The van der Waals surface area contributed by atoms with Gasteiger partial charge in [-0.25, -0.2) is 13.2 Å². The van der Waals surface area contributed by atoms with Crippen LogP contribution >= 0.6 is 0 Å². The van der Waals surface area contributed by atoms with E-state index in [1.165, 1.54) is 9.80 Å². The number of carbonyl (C=O) groups excluding carboxylic acids is 3. The number of methoxy groups -OCH3 is 2. The van der Waals surface area contributed by atoms with Crippen LogP contribution in [0.3, 0.4) is 0 Å². The second-order valence-corrected chi connectivity index (χ2v) is 10.9. The van der Waals surface area contributed by atoms with Crippen LogP contribution in [0.5, 0.6) is 11.5 Å². The molecule has 0 saturated heterocycles. The lowest BCUT2D eigenvalue weighted by atomic mass is 9.98. The molecule has 2 heterocycles. The van der Waals surface area contributed by atoms with Gasteiger partial charge in [0.2, 0.25) is 17.7 Å². The van der Waals surface area contributed by atoms with Gasteiger partial charge in [0, 0.05) is 43.9 Å². The number of para-hydroxylation sites is 1. The molecule has 1 atom stereocenters. The molecule has 232 valence electrons. The molecule has 0 fully saturated rings. The number of ether oxygens (including phenoxy) is 2. The van der Waals surface area contributed by atoms with Gasteiger partial charge in [-0.1, -0.05) is 18.2 Å². The lowest BCUT2D eigenvalue weighted by molar-refractivity contribution is -0.136. The number of anilines is 1. The Bertz CT molecular complexity index is 1600. The average molecular weight is 611 g/mol. The molecular weight excluding hydrogens is 577 g/mol. The molecule has 0 bridgehead atoms. The normalized spacial score (nSPS) is 15.3. The summed E-state index contributed by atoms with van der Waals surface area (Å²) in [7, 11) is 3.12. The number of halogens is 3. The van der Waals surface area contributed by atoms with Crippen LogP contribution in [0, 0.1) is 17.5 Å². The van der Waals surface area contributed by atoms with Crippen molar-refractivity contribution < 1.29 is 37.0 Å². The highest BCUT2D eigenvalue weighted by Gasteiger charge is 2.32. The maximum Gasteiger partial charge on any atom is 0.247 e. The molecule has 2 N–H and O–H groups in total. The maximum atomic E-state index is 14.1. The molecule has 2 aliphatic heterocycles. The van der Waals surface area contributed by atoms with Gasteiger partial charge in [0.1, 0.15) is 18.9 Å². The Labute approximate surface area is 252 Å². The number of hydrogen-bond donors (Lipinski definition) is 1. The Morgan fingerprint density at radius 3 is 2.23 bits per heavy atom. The molecule has 0 unspecified atom stereocenters. The van der Waals surface area contributed by atoms with Crippen LogP contribution in [0.4, 0.5) is 18.9 Å². The molecule has 0 aliphatic carbocycles. The van der Waals surface area contributed by atoms with Gasteiger partial charge in [0.15, 0.2) is 23.1 Å². The number of carbonyl (C=O) groups is 3. The van der Waals surface area contributed by atoms with E-state index < -0.39 is 35.3 Å². The van der Waals surface area contributed by atoms with Gasteiger partial charge < -0.3 is 29.9 Å². The van der Waals surface area contributed by atoms with Crippen LogP contribution in [0.2, 0.25) is 0 Å². The summed E-state index contributed by atoms with van der Waals surface area (Å²) in [6.45, 7) is 0.393. The zero-order chi connectivity index (χ0) is 31.5. The minimum atomic E-state index is -1.31. The number of nitrogens with two attached hydrogens (primary N) is 1. The Morgan fingerprint density at radius 2 is 1.50 bits per heavy atom. The van der Waals surface area contributed by atoms with Crippen molar-refractivity contribution in [1.82, 2.24) is 9.80 Å². The summed E-state index contributed by atoms with van der Waals surface area (Å²) in [6.07, 6.45) is 0.155. The first-order valence-electron chi connectivity index (χ1n) is 14.1. The first-order chi connectivity index (χ1) is 21.1. The molecular formula is C32H33F3N4O5. The van der Waals surface area contributed by atoms with Gasteiger partial charge in [0.25, 0.3) is 0 Å². The molecule has 9 nitrogen and oxygen atoms in total. The Morgan fingerprint density at radius 1 is 0.841 bits per heavy atom. The number of fused-ring (bicyclic) bond motifs is 2. The fraction of sp³-hybridized carbons (Fsp3) is 0.344. The first kappa shape index (κ1) is 30.9. The summed E-state index contributed by atoms with van der Waals surface area (Å²) < 4.78 is 51.9.